The number of alkyl halides is 6. The molecule has 4 rings (SSSR count). The average Bonchev–Trinajstić information content (AvgIpc) is 3.42. The van der Waals surface area contributed by atoms with E-state index in [1.807, 2.05) is 0 Å². The van der Waals surface area contributed by atoms with E-state index in [0.717, 1.165) is 36.4 Å². The summed E-state index contributed by atoms with van der Waals surface area (Å²) >= 11 is 0. The Morgan fingerprint density at radius 1 is 0.755 bits per heavy atom. The van der Waals surface area contributed by atoms with Gasteiger partial charge < -0.3 is 10.2 Å². The van der Waals surface area contributed by atoms with Crippen LogP contribution in [-0.2, 0) is 48.3 Å². The van der Waals surface area contributed by atoms with Gasteiger partial charge >= 0.3 is 12.4 Å². The first-order valence-corrected chi connectivity index (χ1v) is 18.2. The minimum atomic E-state index is -4.99. The zero-order valence-electron chi connectivity index (χ0n) is 25.7. The van der Waals surface area contributed by atoms with E-state index in [9.17, 15) is 52.8 Å². The Bertz CT molecular complexity index is 1950. The number of hydrogen-bond donors (Lipinski definition) is 1. The molecule has 1 heterocycles. The molecular formula is C32H30F6N2O7S2. The van der Waals surface area contributed by atoms with Gasteiger partial charge in [-0.25, -0.2) is 21.8 Å². The smallest absolute Gasteiger partial charge is 0.416 e. The van der Waals surface area contributed by atoms with E-state index in [0.29, 0.717) is 12.1 Å². The predicted molar refractivity (Wildman–Crippen MR) is 166 cm³/mol. The Morgan fingerprint density at radius 3 is 1.63 bits per heavy atom. The number of rotatable bonds is 14. The number of amides is 1. The zero-order chi connectivity index (χ0) is 36.4. The van der Waals surface area contributed by atoms with Gasteiger partial charge in [-0.15, -0.1) is 0 Å². The number of fused-ring (bicyclic) bond motifs is 1. The molecule has 0 aliphatic heterocycles. The average molecular weight is 733 g/mol. The number of carbonyl (C=O) groups is 2. The van der Waals surface area contributed by atoms with Crippen LogP contribution in [0.25, 0.3) is 11.1 Å². The molecule has 0 bridgehead atoms. The van der Waals surface area contributed by atoms with Crippen LogP contribution in [0.4, 0.5) is 26.3 Å². The SMILES string of the molecule is CCC[C@H](C(=O)c1nc2ccccc2o1)C(CS(=O)(=O)Cc1ccccc1C(F)(F)F)(CS(=O)(=O)Cc1ccccc1C(F)(F)F)C(N)=O. The number of aromatic nitrogens is 1. The van der Waals surface area contributed by atoms with E-state index >= 15 is 0 Å². The van der Waals surface area contributed by atoms with Crippen molar-refractivity contribution >= 4 is 42.5 Å². The molecule has 3 aromatic carbocycles. The topological polar surface area (TPSA) is 154 Å². The molecule has 4 aromatic rings. The summed E-state index contributed by atoms with van der Waals surface area (Å²) in [5.74, 6) is -11.1. The van der Waals surface area contributed by atoms with Crippen LogP contribution in [0.2, 0.25) is 0 Å². The van der Waals surface area contributed by atoms with Crippen LogP contribution in [0.15, 0.2) is 77.2 Å². The zero-order valence-corrected chi connectivity index (χ0v) is 27.3. The largest absolute Gasteiger partial charge is 0.434 e. The number of carbonyl (C=O) groups excluding carboxylic acids is 2. The molecule has 0 radical (unpaired) electrons. The van der Waals surface area contributed by atoms with Gasteiger partial charge in [-0.1, -0.05) is 61.9 Å². The lowest BCUT2D eigenvalue weighted by molar-refractivity contribution is -0.138. The molecule has 1 amide bonds. The molecule has 49 heavy (non-hydrogen) atoms. The molecule has 2 N–H and O–H groups in total. The van der Waals surface area contributed by atoms with Crippen molar-refractivity contribution in [2.45, 2.75) is 43.6 Å². The van der Waals surface area contributed by atoms with Crippen molar-refractivity contribution in [2.75, 3.05) is 11.5 Å². The first kappa shape index (κ1) is 37.6. The van der Waals surface area contributed by atoms with Gasteiger partial charge in [-0.3, -0.25) is 9.59 Å². The Hall–Kier alpha value is -4.25. The summed E-state index contributed by atoms with van der Waals surface area (Å²) in [4.78, 5) is 31.6. The van der Waals surface area contributed by atoms with Crippen molar-refractivity contribution in [2.24, 2.45) is 17.1 Å². The molecule has 0 fully saturated rings. The summed E-state index contributed by atoms with van der Waals surface area (Å²) in [5.41, 5.74) is -0.929. The Balaban J connectivity index is 1.89. The standard InChI is InChI=1S/C32H30F6N2O7S2/c1-2-9-24(27(41)28-40-25-14-7-8-15-26(25)47-28)30(29(39)42,18-48(43,44)16-20-10-3-5-12-22(20)31(33,34)35)19-49(45,46)17-21-11-4-6-13-23(21)32(36,37)38/h3-8,10-15,24H,2,9,16-19H2,1H3,(H2,39,42)/t24-/m1/s1. The molecule has 264 valence electrons. The lowest BCUT2D eigenvalue weighted by Gasteiger charge is -2.36. The maximum absolute atomic E-state index is 14.1. The van der Waals surface area contributed by atoms with Gasteiger partial charge in [0.05, 0.1) is 39.6 Å². The van der Waals surface area contributed by atoms with Crippen molar-refractivity contribution < 1.29 is 57.2 Å². The summed E-state index contributed by atoms with van der Waals surface area (Å²) < 4.78 is 143. The second kappa shape index (κ2) is 13.9. The summed E-state index contributed by atoms with van der Waals surface area (Å²) in [6, 6.07) is 13.4. The fourth-order valence-electron chi connectivity index (χ4n) is 5.84. The molecule has 0 saturated heterocycles. The van der Waals surface area contributed by atoms with Crippen LogP contribution in [0, 0.1) is 11.3 Å². The molecule has 0 saturated carbocycles. The van der Waals surface area contributed by atoms with E-state index in [-0.39, 0.29) is 23.9 Å². The van der Waals surface area contributed by atoms with E-state index in [4.69, 9.17) is 10.2 Å². The summed E-state index contributed by atoms with van der Waals surface area (Å²) in [7, 11) is -9.90. The van der Waals surface area contributed by atoms with Crippen molar-refractivity contribution in [3.8, 4) is 0 Å². The van der Waals surface area contributed by atoms with Gasteiger partial charge in [-0.05, 0) is 41.8 Å². The number of para-hydroxylation sites is 2. The second-order valence-corrected chi connectivity index (χ2v) is 15.7. The third kappa shape index (κ3) is 8.68. The van der Waals surface area contributed by atoms with Crippen molar-refractivity contribution in [1.29, 1.82) is 0 Å². The van der Waals surface area contributed by atoms with Crippen LogP contribution < -0.4 is 5.73 Å². The van der Waals surface area contributed by atoms with Crippen molar-refractivity contribution in [3.05, 3.63) is 101 Å². The number of hydrogen-bond acceptors (Lipinski definition) is 8. The number of Topliss-reactive ketones (excluding diaryl/α,β-unsaturated/α-hetero) is 1. The summed E-state index contributed by atoms with van der Waals surface area (Å²) in [5, 5.41) is 0. The Labute approximate surface area is 277 Å². The maximum atomic E-state index is 14.1. The number of primary amides is 1. The highest BCUT2D eigenvalue weighted by molar-refractivity contribution is 7.91. The van der Waals surface area contributed by atoms with Crippen LogP contribution in [0.1, 0.15) is 52.7 Å². The first-order valence-electron chi connectivity index (χ1n) is 14.6. The normalized spacial score (nSPS) is 13.8. The molecule has 1 atom stereocenters. The van der Waals surface area contributed by atoms with E-state index in [1.165, 1.54) is 19.1 Å². The predicted octanol–water partition coefficient (Wildman–Crippen LogP) is 6.17. The van der Waals surface area contributed by atoms with Gasteiger partial charge in [0.25, 0.3) is 5.89 Å². The van der Waals surface area contributed by atoms with Gasteiger partial charge in [0.2, 0.25) is 11.7 Å². The number of halogens is 6. The van der Waals surface area contributed by atoms with E-state index in [2.05, 4.69) is 4.98 Å². The number of oxazole rings is 1. The maximum Gasteiger partial charge on any atom is 0.416 e. The van der Waals surface area contributed by atoms with Crippen LogP contribution >= 0.6 is 0 Å². The van der Waals surface area contributed by atoms with Crippen molar-refractivity contribution in [3.63, 3.8) is 0 Å². The number of sulfone groups is 2. The monoisotopic (exact) mass is 732 g/mol. The molecule has 9 nitrogen and oxygen atoms in total. The molecule has 0 aliphatic carbocycles. The van der Waals surface area contributed by atoms with E-state index < -0.39 is 106 Å². The number of nitrogens with zero attached hydrogens (tertiary/aromatic N) is 1. The number of nitrogens with two attached hydrogens (primary N) is 1. The molecule has 0 unspecified atom stereocenters. The Morgan fingerprint density at radius 2 is 1.20 bits per heavy atom. The van der Waals surface area contributed by atoms with Crippen LogP contribution in [0.3, 0.4) is 0 Å². The van der Waals surface area contributed by atoms with Crippen molar-refractivity contribution in [1.82, 2.24) is 4.98 Å². The van der Waals surface area contributed by atoms with E-state index in [1.54, 1.807) is 12.1 Å². The fraction of sp³-hybridized carbons (Fsp3) is 0.344. The van der Waals surface area contributed by atoms with Crippen LogP contribution in [0.5, 0.6) is 0 Å². The molecule has 17 heteroatoms. The third-order valence-electron chi connectivity index (χ3n) is 7.91. The number of ketones is 1. The lowest BCUT2D eigenvalue weighted by Crippen LogP contribution is -2.55. The second-order valence-electron chi connectivity index (χ2n) is 11.6. The minimum absolute atomic E-state index is 0.0274. The van der Waals surface area contributed by atoms with Gasteiger partial charge in [0.15, 0.2) is 25.3 Å². The summed E-state index contributed by atoms with van der Waals surface area (Å²) in [6.07, 6.45) is -10.3. The fourth-order valence-corrected chi connectivity index (χ4v) is 10.1. The lowest BCUT2D eigenvalue weighted by atomic mass is 9.73. The first-order chi connectivity index (χ1) is 22.7. The highest BCUT2D eigenvalue weighted by Gasteiger charge is 2.54. The third-order valence-corrected chi connectivity index (χ3v) is 11.3. The highest BCUT2D eigenvalue weighted by atomic mass is 32.2. The molecule has 0 spiro atoms. The van der Waals surface area contributed by atoms with Gasteiger partial charge in [-0.2, -0.15) is 26.3 Å². The highest BCUT2D eigenvalue weighted by Crippen LogP contribution is 2.41. The molecule has 1 aromatic heterocycles. The van der Waals surface area contributed by atoms with Crippen LogP contribution in [-0.4, -0.2) is 45.0 Å². The summed E-state index contributed by atoms with van der Waals surface area (Å²) in [6.45, 7) is 1.51. The quantitative estimate of drug-likeness (QED) is 0.119. The Kier molecular flexibility index (Phi) is 10.7. The van der Waals surface area contributed by atoms with Gasteiger partial charge in [0, 0.05) is 5.92 Å². The minimum Gasteiger partial charge on any atom is -0.434 e. The number of benzene rings is 3. The van der Waals surface area contributed by atoms with Gasteiger partial charge in [0.1, 0.15) is 5.52 Å². The molecular weight excluding hydrogens is 702 g/mol. The molecule has 0 aliphatic rings.